The highest BCUT2D eigenvalue weighted by Crippen LogP contribution is 2.43. The van der Waals surface area contributed by atoms with Gasteiger partial charge >= 0.3 is 0 Å². The minimum Gasteiger partial charge on any atom is -0.483 e. The summed E-state index contributed by atoms with van der Waals surface area (Å²) >= 11 is 0. The maximum absolute atomic E-state index is 13.4. The first kappa shape index (κ1) is 26.6. The third-order valence-electron chi connectivity index (χ3n) is 7.86. The first-order chi connectivity index (χ1) is 19.3. The number of hydrogen-bond donors (Lipinski definition) is 4. The maximum Gasteiger partial charge on any atom is 0.290 e. The number of piperidine rings is 1. The van der Waals surface area contributed by atoms with Crippen molar-refractivity contribution in [2.24, 2.45) is 11.3 Å². The van der Waals surface area contributed by atoms with Crippen LogP contribution in [0.25, 0.3) is 16.4 Å². The second-order valence-corrected chi connectivity index (χ2v) is 9.89. The van der Waals surface area contributed by atoms with E-state index in [2.05, 4.69) is 20.6 Å². The molecule has 1 unspecified atom stereocenters. The van der Waals surface area contributed by atoms with Gasteiger partial charge in [0, 0.05) is 43.1 Å². The monoisotopic (exact) mass is 544 g/mol. The zero-order valence-electron chi connectivity index (χ0n) is 21.7. The quantitative estimate of drug-likeness (QED) is 0.285. The van der Waals surface area contributed by atoms with Crippen LogP contribution in [0.4, 0.5) is 5.69 Å². The van der Waals surface area contributed by atoms with E-state index < -0.39 is 11.3 Å². The van der Waals surface area contributed by atoms with Gasteiger partial charge in [0.25, 0.3) is 17.9 Å². The predicted octanol–water partition coefficient (Wildman–Crippen LogP) is 1.79. The molecule has 12 heteroatoms. The Morgan fingerprint density at radius 2 is 1.90 bits per heavy atom. The number of nitrogens with zero attached hydrogens (tertiary/aromatic N) is 3. The Hall–Kier alpha value is -5.00. The van der Waals surface area contributed by atoms with Gasteiger partial charge in [0.15, 0.2) is 0 Å². The van der Waals surface area contributed by atoms with Gasteiger partial charge in [-0.3, -0.25) is 24.0 Å². The van der Waals surface area contributed by atoms with E-state index >= 15 is 0 Å². The lowest BCUT2D eigenvalue weighted by Crippen LogP contribution is -2.50. The third-order valence-corrected chi connectivity index (χ3v) is 7.86. The Labute approximate surface area is 228 Å². The van der Waals surface area contributed by atoms with Crippen molar-refractivity contribution in [1.29, 1.82) is 0 Å². The first-order valence-electron chi connectivity index (χ1n) is 12.8. The van der Waals surface area contributed by atoms with Crippen LogP contribution >= 0.6 is 0 Å². The molecule has 4 aromatic rings. The molecule has 4 N–H and O–H groups in total. The van der Waals surface area contributed by atoms with Crippen LogP contribution < -0.4 is 16.2 Å². The van der Waals surface area contributed by atoms with Crippen LogP contribution in [0.3, 0.4) is 0 Å². The number of carbonyl (C=O) groups excluding carboxylic acids is 3. The Bertz CT molecular complexity index is 1680. The molecule has 3 amide bonds. The zero-order valence-corrected chi connectivity index (χ0v) is 21.7. The Morgan fingerprint density at radius 3 is 2.62 bits per heavy atom. The van der Waals surface area contributed by atoms with Gasteiger partial charge in [0.2, 0.25) is 11.8 Å². The van der Waals surface area contributed by atoms with E-state index in [1.807, 2.05) is 35.7 Å². The SMILES string of the molecule is Cc1c(C(=O)N2CCC3(CC2)C(=O)NCC3C(=O)Nc2ccc3cc[nH]c(=O)c3c2)nc2ccccn12.O=CO. The van der Waals surface area contributed by atoms with Crippen molar-refractivity contribution in [3.8, 4) is 0 Å². The van der Waals surface area contributed by atoms with Crippen LogP contribution in [0.1, 0.15) is 29.0 Å². The summed E-state index contributed by atoms with van der Waals surface area (Å²) < 4.78 is 1.88. The Morgan fingerprint density at radius 1 is 1.15 bits per heavy atom. The fourth-order valence-corrected chi connectivity index (χ4v) is 5.71. The largest absolute Gasteiger partial charge is 0.483 e. The minimum atomic E-state index is -0.886. The molecule has 2 aliphatic rings. The third kappa shape index (κ3) is 4.57. The van der Waals surface area contributed by atoms with Crippen molar-refractivity contribution >= 4 is 46.3 Å². The first-order valence-corrected chi connectivity index (χ1v) is 12.8. The van der Waals surface area contributed by atoms with Gasteiger partial charge in [-0.25, -0.2) is 4.98 Å². The van der Waals surface area contributed by atoms with E-state index in [-0.39, 0.29) is 36.3 Å². The number of amides is 3. The smallest absolute Gasteiger partial charge is 0.290 e. The number of likely N-dealkylation sites (tertiary alicyclic amines) is 1. The minimum absolute atomic E-state index is 0.154. The van der Waals surface area contributed by atoms with Crippen molar-refractivity contribution in [3.05, 3.63) is 76.6 Å². The number of imidazole rings is 1. The molecule has 0 radical (unpaired) electrons. The summed E-state index contributed by atoms with van der Waals surface area (Å²) in [6, 6.07) is 12.6. The van der Waals surface area contributed by atoms with E-state index in [0.29, 0.717) is 48.3 Å². The molecular formula is C28H28N6O6. The van der Waals surface area contributed by atoms with E-state index in [1.54, 1.807) is 35.4 Å². The van der Waals surface area contributed by atoms with E-state index in [0.717, 1.165) is 11.1 Å². The molecule has 3 aromatic heterocycles. The molecule has 0 aliphatic carbocycles. The molecule has 12 nitrogen and oxygen atoms in total. The molecular weight excluding hydrogens is 516 g/mol. The van der Waals surface area contributed by atoms with Crippen LogP contribution in [0.15, 0.2) is 59.7 Å². The van der Waals surface area contributed by atoms with Crippen LogP contribution in [-0.4, -0.2) is 68.2 Å². The standard InChI is InChI=1S/C27H26N6O4.CH2O2/c1-16-22(31-21-4-2-3-11-33(16)21)25(36)32-12-8-27(9-13-32)20(15-29-26(27)37)24(35)30-18-6-5-17-7-10-28-23(34)19(17)14-18;2-1-3/h2-7,10-11,14,20H,8-9,12-13,15H2,1H3,(H,28,34)(H,29,37)(H,30,35);1H,(H,2,3). The molecule has 0 bridgehead atoms. The molecule has 40 heavy (non-hydrogen) atoms. The molecule has 1 aromatic carbocycles. The molecule has 1 atom stereocenters. The number of aryl methyl sites for hydroxylation is 1. The molecule has 206 valence electrons. The van der Waals surface area contributed by atoms with Gasteiger partial charge in [-0.15, -0.1) is 0 Å². The molecule has 2 aliphatic heterocycles. The summed E-state index contributed by atoms with van der Waals surface area (Å²) in [5.74, 6) is -1.18. The summed E-state index contributed by atoms with van der Waals surface area (Å²) in [5.41, 5.74) is 1.26. The number of carbonyl (C=O) groups is 4. The molecule has 2 saturated heterocycles. The van der Waals surface area contributed by atoms with E-state index in [1.165, 1.54) is 0 Å². The lowest BCUT2D eigenvalue weighted by molar-refractivity contribution is -0.136. The highest BCUT2D eigenvalue weighted by atomic mass is 16.3. The van der Waals surface area contributed by atoms with E-state index in [4.69, 9.17) is 9.90 Å². The van der Waals surface area contributed by atoms with Crippen LogP contribution in [0.5, 0.6) is 0 Å². The second-order valence-electron chi connectivity index (χ2n) is 9.89. The van der Waals surface area contributed by atoms with Gasteiger partial charge in [0.1, 0.15) is 11.3 Å². The lowest BCUT2D eigenvalue weighted by Gasteiger charge is -2.40. The average Bonchev–Trinajstić information content (AvgIpc) is 3.46. The zero-order chi connectivity index (χ0) is 28.4. The topological polar surface area (TPSA) is 166 Å². The highest BCUT2D eigenvalue weighted by molar-refractivity contribution is 6.01. The maximum atomic E-state index is 13.4. The predicted molar refractivity (Wildman–Crippen MR) is 146 cm³/mol. The summed E-state index contributed by atoms with van der Waals surface area (Å²) in [4.78, 5) is 69.0. The van der Waals surface area contributed by atoms with Gasteiger partial charge in [-0.05, 0) is 55.5 Å². The van der Waals surface area contributed by atoms with Crippen LogP contribution in [-0.2, 0) is 14.4 Å². The summed E-state index contributed by atoms with van der Waals surface area (Å²) in [6.45, 7) is 2.56. The van der Waals surface area contributed by atoms with Crippen LogP contribution in [0, 0.1) is 18.3 Å². The number of fused-ring (bicyclic) bond motifs is 2. The Kier molecular flexibility index (Phi) is 7.07. The van der Waals surface area contributed by atoms with Gasteiger partial charge in [-0.2, -0.15) is 0 Å². The number of pyridine rings is 2. The van der Waals surface area contributed by atoms with E-state index in [9.17, 15) is 19.2 Å². The number of hydrogen-bond acceptors (Lipinski definition) is 6. The molecule has 1 spiro atoms. The Balaban J connectivity index is 0.00000103. The number of H-pyrrole nitrogens is 1. The summed E-state index contributed by atoms with van der Waals surface area (Å²) in [5, 5.41) is 13.9. The summed E-state index contributed by atoms with van der Waals surface area (Å²) in [6.07, 6.45) is 4.21. The van der Waals surface area contributed by atoms with Crippen molar-refractivity contribution in [1.82, 2.24) is 24.6 Å². The van der Waals surface area contributed by atoms with Crippen molar-refractivity contribution < 1.29 is 24.3 Å². The molecule has 5 heterocycles. The summed E-state index contributed by atoms with van der Waals surface area (Å²) in [7, 11) is 0. The number of benzene rings is 1. The lowest BCUT2D eigenvalue weighted by atomic mass is 9.69. The average molecular weight is 545 g/mol. The second kappa shape index (κ2) is 10.6. The van der Waals surface area contributed by atoms with Gasteiger partial charge < -0.3 is 30.0 Å². The number of rotatable bonds is 3. The number of carboxylic acid groups (broad SMARTS) is 1. The van der Waals surface area contributed by atoms with Crippen molar-refractivity contribution in [2.45, 2.75) is 19.8 Å². The number of aromatic amines is 1. The number of nitrogens with one attached hydrogen (secondary N) is 3. The molecule has 2 fully saturated rings. The number of aromatic nitrogens is 3. The van der Waals surface area contributed by atoms with Gasteiger partial charge in [-0.1, -0.05) is 12.1 Å². The molecule has 6 rings (SSSR count). The van der Waals surface area contributed by atoms with Crippen molar-refractivity contribution in [2.75, 3.05) is 25.0 Å². The number of anilines is 1. The normalized spacial score (nSPS) is 17.8. The van der Waals surface area contributed by atoms with Gasteiger partial charge in [0.05, 0.1) is 17.0 Å². The highest BCUT2D eigenvalue weighted by Gasteiger charge is 2.55. The fraction of sp³-hybridized carbons (Fsp3) is 0.286. The van der Waals surface area contributed by atoms with Crippen molar-refractivity contribution in [3.63, 3.8) is 0 Å². The molecule has 0 saturated carbocycles. The fourth-order valence-electron chi connectivity index (χ4n) is 5.71. The van der Waals surface area contributed by atoms with Crippen LogP contribution in [0.2, 0.25) is 0 Å².